The molecule has 0 unspecified atom stereocenters. The number of carboxylic acids is 1. The summed E-state index contributed by atoms with van der Waals surface area (Å²) >= 11 is 0. The summed E-state index contributed by atoms with van der Waals surface area (Å²) in [7, 11) is 2.37. The molecule has 10 N–H and O–H groups in total. The summed E-state index contributed by atoms with van der Waals surface area (Å²) < 4.78 is 10.4. The molecular formula is C45H40N8O12. The number of ether oxygens (including phenoxy) is 2. The van der Waals surface area contributed by atoms with Crippen LogP contribution in [0.5, 0.6) is 28.7 Å². The summed E-state index contributed by atoms with van der Waals surface area (Å²) in [5, 5.41) is 63.4. The molecule has 0 radical (unpaired) electrons. The van der Waals surface area contributed by atoms with Crippen LogP contribution in [0.2, 0.25) is 0 Å². The highest BCUT2D eigenvalue weighted by molar-refractivity contribution is 6.11. The number of carbonyl (C=O) groups is 6. The van der Waals surface area contributed by atoms with Crippen molar-refractivity contribution in [3.8, 4) is 28.7 Å². The summed E-state index contributed by atoms with van der Waals surface area (Å²) in [6.07, 6.45) is 3.09. The number of phenols is 3. The number of aromatic amines is 1. The summed E-state index contributed by atoms with van der Waals surface area (Å²) in [4.78, 5) is 77.6. The number of aromatic hydroxyl groups is 3. The van der Waals surface area contributed by atoms with Crippen molar-refractivity contribution in [3.63, 3.8) is 0 Å². The Labute approximate surface area is 368 Å². The highest BCUT2D eigenvalue weighted by Crippen LogP contribution is 2.40. The number of carboxylic acid groups (broad SMARTS) is 1. The lowest BCUT2D eigenvalue weighted by atomic mass is 10.1. The van der Waals surface area contributed by atoms with Gasteiger partial charge in [-0.2, -0.15) is 0 Å². The van der Waals surface area contributed by atoms with E-state index in [1.165, 1.54) is 92.2 Å². The number of anilines is 4. The zero-order chi connectivity index (χ0) is 46.8. The van der Waals surface area contributed by atoms with Crippen LogP contribution < -0.4 is 36.1 Å². The summed E-state index contributed by atoms with van der Waals surface area (Å²) in [5.74, 6) is -6.40. The molecule has 65 heavy (non-hydrogen) atoms. The standard InChI is InChI=1S/C45H40N8O12/c1-23(20-24-4-14-30(54)15-5-24)40(57)47-27-10-6-26(7-11-27)42(59)51-35(21-29-22-46-53-52-29)44(61)48-28-12-8-25(9-13-28)41(58)49-33-18-16-31(36(55)38(33)64-2)43(60)50-34-19-17-32(45(62)63)37(56)39(34)65-3/h4-20,22,35,54-56H,21H2,1-3H3,(H,47,57)(H,48,61)(H,49,58)(H,50,60)(H,51,59)(H,62,63)(H,46,52,53)/b23-20+/t35-/m0/s1. The monoisotopic (exact) mass is 884 g/mol. The first-order valence-corrected chi connectivity index (χ1v) is 19.3. The molecule has 6 rings (SSSR count). The van der Waals surface area contributed by atoms with Crippen molar-refractivity contribution < 1.29 is 58.7 Å². The number of hydrogen-bond donors (Lipinski definition) is 10. The van der Waals surface area contributed by atoms with Gasteiger partial charge in [0.05, 0.1) is 36.9 Å². The largest absolute Gasteiger partial charge is 0.508 e. The smallest absolute Gasteiger partial charge is 0.339 e. The predicted octanol–water partition coefficient (Wildman–Crippen LogP) is 5.16. The van der Waals surface area contributed by atoms with Crippen LogP contribution in [0.25, 0.3) is 6.08 Å². The van der Waals surface area contributed by atoms with Gasteiger partial charge in [0.15, 0.2) is 23.0 Å². The van der Waals surface area contributed by atoms with Crippen LogP contribution in [0.15, 0.2) is 109 Å². The Kier molecular flexibility index (Phi) is 14.0. The highest BCUT2D eigenvalue weighted by atomic mass is 16.5. The SMILES string of the molecule is COc1c(NC(=O)c2ccc(NC(=O)c3ccc(NC(=O)[C@H](Cc4c[nH]nn4)NC(=O)c4ccc(NC(=O)/C(C)=C/c5ccc(O)cc5)cc4)cc3)c(OC)c2O)ccc(C(=O)O)c1O. The first kappa shape index (κ1) is 45.3. The fourth-order valence-electron chi connectivity index (χ4n) is 6.23. The molecule has 0 aliphatic rings. The van der Waals surface area contributed by atoms with Crippen molar-refractivity contribution in [2.24, 2.45) is 0 Å². The molecule has 1 atom stereocenters. The van der Waals surface area contributed by atoms with Crippen molar-refractivity contribution >= 4 is 64.3 Å². The number of amides is 5. The van der Waals surface area contributed by atoms with Gasteiger partial charge >= 0.3 is 5.97 Å². The molecule has 0 aliphatic carbocycles. The number of methoxy groups -OCH3 is 2. The number of benzene rings is 5. The van der Waals surface area contributed by atoms with Gasteiger partial charge in [0.25, 0.3) is 23.6 Å². The number of rotatable bonds is 16. The maximum absolute atomic E-state index is 13.6. The Balaban J connectivity index is 1.08. The Morgan fingerprint density at radius 1 is 0.662 bits per heavy atom. The number of hydrogen-bond acceptors (Lipinski definition) is 13. The van der Waals surface area contributed by atoms with E-state index in [0.29, 0.717) is 17.0 Å². The lowest BCUT2D eigenvalue weighted by Gasteiger charge is -2.18. The van der Waals surface area contributed by atoms with Crippen molar-refractivity contribution in [2.75, 3.05) is 35.5 Å². The maximum atomic E-state index is 13.6. The van der Waals surface area contributed by atoms with Crippen LogP contribution in [0.1, 0.15) is 59.6 Å². The van der Waals surface area contributed by atoms with Crippen molar-refractivity contribution in [3.05, 3.63) is 142 Å². The zero-order valence-electron chi connectivity index (χ0n) is 34.6. The molecule has 5 aromatic carbocycles. The van der Waals surface area contributed by atoms with Gasteiger partial charge in [-0.1, -0.05) is 17.3 Å². The van der Waals surface area contributed by atoms with Gasteiger partial charge in [0.2, 0.25) is 5.91 Å². The second kappa shape index (κ2) is 20.1. The van der Waals surface area contributed by atoms with E-state index < -0.39 is 52.7 Å². The minimum atomic E-state index is -1.42. The van der Waals surface area contributed by atoms with Crippen LogP contribution in [0.4, 0.5) is 22.7 Å². The van der Waals surface area contributed by atoms with E-state index in [4.69, 9.17) is 9.47 Å². The number of phenolic OH excluding ortho intramolecular Hbond substituents is 2. The van der Waals surface area contributed by atoms with Gasteiger partial charge in [-0.3, -0.25) is 29.1 Å². The first-order chi connectivity index (χ1) is 31.1. The topological polar surface area (TPSA) is 304 Å². The molecular weight excluding hydrogens is 845 g/mol. The van der Waals surface area contributed by atoms with Crippen LogP contribution in [-0.4, -0.2) is 91.6 Å². The molecule has 0 saturated carbocycles. The van der Waals surface area contributed by atoms with E-state index in [1.54, 1.807) is 25.1 Å². The Morgan fingerprint density at radius 2 is 1.20 bits per heavy atom. The number of aromatic nitrogens is 3. The van der Waals surface area contributed by atoms with E-state index in [-0.39, 0.29) is 63.3 Å². The molecule has 0 spiro atoms. The summed E-state index contributed by atoms with van der Waals surface area (Å²) in [6.45, 7) is 1.64. The third-order valence-electron chi connectivity index (χ3n) is 9.60. The fraction of sp³-hybridized carbons (Fsp3) is 0.111. The van der Waals surface area contributed by atoms with Gasteiger partial charge in [0, 0.05) is 40.7 Å². The maximum Gasteiger partial charge on any atom is 0.339 e. The van der Waals surface area contributed by atoms with Crippen LogP contribution in [0, 0.1) is 0 Å². The molecule has 1 heterocycles. The number of aromatic carboxylic acids is 1. The molecule has 0 fully saturated rings. The third kappa shape index (κ3) is 11.0. The average molecular weight is 885 g/mol. The molecule has 0 saturated heterocycles. The van der Waals surface area contributed by atoms with Crippen molar-refractivity contribution in [1.82, 2.24) is 20.7 Å². The van der Waals surface area contributed by atoms with Gasteiger partial charge in [-0.25, -0.2) is 4.79 Å². The van der Waals surface area contributed by atoms with E-state index >= 15 is 0 Å². The summed E-state index contributed by atoms with van der Waals surface area (Å²) in [5.41, 5.74) is 1.66. The molecule has 5 amide bonds. The average Bonchev–Trinajstić information content (AvgIpc) is 3.80. The number of nitrogens with one attached hydrogen (secondary N) is 6. The van der Waals surface area contributed by atoms with Crippen molar-refractivity contribution in [1.29, 1.82) is 0 Å². The van der Waals surface area contributed by atoms with Crippen LogP contribution in [-0.2, 0) is 16.0 Å². The quantitative estimate of drug-likeness (QED) is 0.0562. The Hall–Kier alpha value is -9.20. The minimum Gasteiger partial charge on any atom is -0.508 e. The first-order valence-electron chi connectivity index (χ1n) is 19.3. The van der Waals surface area contributed by atoms with Crippen molar-refractivity contribution in [2.45, 2.75) is 19.4 Å². The molecule has 0 bridgehead atoms. The van der Waals surface area contributed by atoms with E-state index in [9.17, 15) is 49.2 Å². The zero-order valence-corrected chi connectivity index (χ0v) is 34.6. The van der Waals surface area contributed by atoms with E-state index in [0.717, 1.165) is 18.7 Å². The van der Waals surface area contributed by atoms with E-state index in [1.807, 2.05) is 0 Å². The third-order valence-corrected chi connectivity index (χ3v) is 9.60. The lowest BCUT2D eigenvalue weighted by Crippen LogP contribution is -2.45. The van der Waals surface area contributed by atoms with Crippen LogP contribution in [0.3, 0.4) is 0 Å². The molecule has 6 aromatic rings. The van der Waals surface area contributed by atoms with Gasteiger partial charge in [-0.15, -0.1) is 5.10 Å². The molecule has 332 valence electrons. The normalized spacial score (nSPS) is 11.4. The fourth-order valence-corrected chi connectivity index (χ4v) is 6.23. The molecule has 20 heteroatoms. The number of H-pyrrole nitrogens is 1. The number of carbonyl (C=O) groups excluding carboxylic acids is 5. The van der Waals surface area contributed by atoms with Gasteiger partial charge in [0.1, 0.15) is 17.4 Å². The van der Waals surface area contributed by atoms with E-state index in [2.05, 4.69) is 42.0 Å². The Bertz CT molecular complexity index is 2790. The molecule has 0 aliphatic heterocycles. The Morgan fingerprint density at radius 3 is 1.75 bits per heavy atom. The van der Waals surface area contributed by atoms with Crippen LogP contribution >= 0.6 is 0 Å². The predicted molar refractivity (Wildman–Crippen MR) is 235 cm³/mol. The van der Waals surface area contributed by atoms with Gasteiger partial charge < -0.3 is 56.5 Å². The number of nitrogens with zero attached hydrogens (tertiary/aromatic N) is 2. The molecule has 20 nitrogen and oxygen atoms in total. The second-order valence-corrected chi connectivity index (χ2v) is 14.0. The molecule has 1 aromatic heterocycles. The van der Waals surface area contributed by atoms with Gasteiger partial charge in [-0.05, 0) is 103 Å². The highest BCUT2D eigenvalue weighted by Gasteiger charge is 2.26. The minimum absolute atomic E-state index is 0.00924. The summed E-state index contributed by atoms with van der Waals surface area (Å²) in [6, 6.07) is 21.8. The second-order valence-electron chi connectivity index (χ2n) is 14.0. The lowest BCUT2D eigenvalue weighted by molar-refractivity contribution is -0.118.